The minimum Gasteiger partial charge on any atom is -0.496 e. The topological polar surface area (TPSA) is 57.0 Å². The van der Waals surface area contributed by atoms with Gasteiger partial charge in [0.2, 0.25) is 0 Å². The first-order valence-electron chi connectivity index (χ1n) is 5.79. The Bertz CT molecular complexity index is 716. The summed E-state index contributed by atoms with van der Waals surface area (Å²) in [7, 11) is 1.53. The third kappa shape index (κ3) is 1.95. The Kier molecular flexibility index (Phi) is 2.72. The number of nitrogens with zero attached hydrogens (tertiary/aromatic N) is 3. The van der Waals surface area contributed by atoms with Crippen LogP contribution >= 0.6 is 0 Å². The summed E-state index contributed by atoms with van der Waals surface area (Å²) in [6.45, 7) is 0. The number of benzene rings is 2. The van der Waals surface area contributed by atoms with E-state index < -0.39 is 0 Å². The molecule has 0 atom stereocenters. The van der Waals surface area contributed by atoms with Gasteiger partial charge in [0, 0.05) is 0 Å². The standard InChI is InChI=1S/C14H11N3O2/c1-19-13-9-5-2-6-10(13)14(18)17-15-11-7-3-4-8-12(11)16-17/h2-9H,1H3. The fraction of sp³-hybridized carbons (Fsp3) is 0.0714. The molecule has 0 aliphatic carbocycles. The van der Waals surface area contributed by atoms with E-state index in [1.54, 1.807) is 18.2 Å². The van der Waals surface area contributed by atoms with Crippen LogP contribution < -0.4 is 4.74 Å². The van der Waals surface area contributed by atoms with Crippen LogP contribution in [0.5, 0.6) is 5.75 Å². The summed E-state index contributed by atoms with van der Waals surface area (Å²) in [5, 5.41) is 8.33. The summed E-state index contributed by atoms with van der Waals surface area (Å²) in [5.74, 6) is 0.197. The molecule has 0 spiro atoms. The van der Waals surface area contributed by atoms with Crippen LogP contribution in [0, 0.1) is 0 Å². The van der Waals surface area contributed by atoms with E-state index in [1.807, 2.05) is 30.3 Å². The second-order valence-corrected chi connectivity index (χ2v) is 3.98. The summed E-state index contributed by atoms with van der Waals surface area (Å²) >= 11 is 0. The normalized spacial score (nSPS) is 10.6. The Morgan fingerprint density at radius 3 is 2.21 bits per heavy atom. The van der Waals surface area contributed by atoms with Gasteiger partial charge in [-0.3, -0.25) is 4.79 Å². The molecule has 0 fully saturated rings. The highest BCUT2D eigenvalue weighted by Gasteiger charge is 2.16. The molecule has 2 aromatic carbocycles. The number of methoxy groups -OCH3 is 1. The molecule has 0 unspecified atom stereocenters. The Morgan fingerprint density at radius 1 is 1.00 bits per heavy atom. The largest absolute Gasteiger partial charge is 0.496 e. The van der Waals surface area contributed by atoms with Gasteiger partial charge in [0.15, 0.2) is 0 Å². The highest BCUT2D eigenvalue weighted by Crippen LogP contribution is 2.18. The van der Waals surface area contributed by atoms with Crippen molar-refractivity contribution in [2.75, 3.05) is 7.11 Å². The van der Waals surface area contributed by atoms with E-state index in [-0.39, 0.29) is 5.91 Å². The highest BCUT2D eigenvalue weighted by molar-refractivity contribution is 5.98. The maximum absolute atomic E-state index is 12.4. The molecule has 94 valence electrons. The van der Waals surface area contributed by atoms with Gasteiger partial charge in [0.25, 0.3) is 5.91 Å². The lowest BCUT2D eigenvalue weighted by Gasteiger charge is -2.05. The fourth-order valence-corrected chi connectivity index (χ4v) is 1.88. The first-order chi connectivity index (χ1) is 9.29. The van der Waals surface area contributed by atoms with E-state index in [0.29, 0.717) is 22.3 Å². The van der Waals surface area contributed by atoms with E-state index >= 15 is 0 Å². The molecular formula is C14H11N3O2. The third-order valence-corrected chi connectivity index (χ3v) is 2.81. The minimum atomic E-state index is -0.311. The van der Waals surface area contributed by atoms with Gasteiger partial charge in [-0.25, -0.2) is 0 Å². The average molecular weight is 253 g/mol. The molecule has 3 aromatic rings. The predicted octanol–water partition coefficient (Wildman–Crippen LogP) is 2.13. The van der Waals surface area contributed by atoms with Crippen molar-refractivity contribution in [3.8, 4) is 5.75 Å². The summed E-state index contributed by atoms with van der Waals surface area (Å²) in [5.41, 5.74) is 1.81. The Balaban J connectivity index is 2.08. The van der Waals surface area contributed by atoms with Gasteiger partial charge >= 0.3 is 0 Å². The Morgan fingerprint density at radius 2 is 1.58 bits per heavy atom. The van der Waals surface area contributed by atoms with Crippen molar-refractivity contribution >= 4 is 16.9 Å². The number of rotatable bonds is 2. The molecule has 0 N–H and O–H groups in total. The van der Waals surface area contributed by atoms with Gasteiger partial charge in [0.05, 0.1) is 12.7 Å². The van der Waals surface area contributed by atoms with Crippen molar-refractivity contribution < 1.29 is 9.53 Å². The molecule has 5 heteroatoms. The van der Waals surface area contributed by atoms with Gasteiger partial charge in [-0.2, -0.15) is 0 Å². The minimum absolute atomic E-state index is 0.311. The molecule has 0 amide bonds. The molecule has 5 nitrogen and oxygen atoms in total. The van der Waals surface area contributed by atoms with Crippen LogP contribution in [-0.2, 0) is 0 Å². The zero-order valence-corrected chi connectivity index (χ0v) is 10.3. The van der Waals surface area contributed by atoms with Gasteiger partial charge in [-0.15, -0.1) is 15.0 Å². The summed E-state index contributed by atoms with van der Waals surface area (Å²) in [6, 6.07) is 14.3. The zero-order valence-electron chi connectivity index (χ0n) is 10.3. The number of hydrogen-bond donors (Lipinski definition) is 0. The predicted molar refractivity (Wildman–Crippen MR) is 70.3 cm³/mol. The quantitative estimate of drug-likeness (QED) is 0.702. The number of hydrogen-bond acceptors (Lipinski definition) is 4. The average Bonchev–Trinajstić information content (AvgIpc) is 2.90. The fourth-order valence-electron chi connectivity index (χ4n) is 1.88. The SMILES string of the molecule is COc1ccccc1C(=O)n1nc2ccccc2n1. The third-order valence-electron chi connectivity index (χ3n) is 2.81. The van der Waals surface area contributed by atoms with Crippen molar-refractivity contribution in [2.24, 2.45) is 0 Å². The number of para-hydroxylation sites is 1. The molecule has 0 bridgehead atoms. The van der Waals surface area contributed by atoms with Crippen LogP contribution in [0.15, 0.2) is 48.5 Å². The van der Waals surface area contributed by atoms with Crippen LogP contribution in [-0.4, -0.2) is 28.0 Å². The second-order valence-electron chi connectivity index (χ2n) is 3.98. The van der Waals surface area contributed by atoms with Crippen LogP contribution in [0.1, 0.15) is 10.4 Å². The summed E-state index contributed by atoms with van der Waals surface area (Å²) in [4.78, 5) is 13.5. The Hall–Kier alpha value is -2.69. The molecule has 0 radical (unpaired) electrons. The van der Waals surface area contributed by atoms with Crippen molar-refractivity contribution in [3.63, 3.8) is 0 Å². The van der Waals surface area contributed by atoms with Crippen molar-refractivity contribution in [1.82, 2.24) is 15.0 Å². The first kappa shape index (κ1) is 11.4. The van der Waals surface area contributed by atoms with Crippen molar-refractivity contribution in [1.29, 1.82) is 0 Å². The molecule has 0 saturated heterocycles. The lowest BCUT2D eigenvalue weighted by molar-refractivity contribution is 0.0925. The van der Waals surface area contributed by atoms with Crippen LogP contribution in [0.4, 0.5) is 0 Å². The van der Waals surface area contributed by atoms with Crippen LogP contribution in [0.25, 0.3) is 11.0 Å². The molecule has 0 aliphatic rings. The van der Waals surface area contributed by atoms with Crippen LogP contribution in [0.3, 0.4) is 0 Å². The summed E-state index contributed by atoms with van der Waals surface area (Å²) < 4.78 is 5.17. The maximum Gasteiger partial charge on any atom is 0.299 e. The van der Waals surface area contributed by atoms with Gasteiger partial charge < -0.3 is 4.74 Å². The molecule has 0 aliphatic heterocycles. The zero-order chi connectivity index (χ0) is 13.2. The Labute approximate surface area is 109 Å². The smallest absolute Gasteiger partial charge is 0.299 e. The van der Waals surface area contributed by atoms with E-state index in [1.165, 1.54) is 7.11 Å². The maximum atomic E-state index is 12.4. The van der Waals surface area contributed by atoms with Gasteiger partial charge in [-0.1, -0.05) is 24.3 Å². The number of fused-ring (bicyclic) bond motifs is 1. The van der Waals surface area contributed by atoms with Gasteiger partial charge in [-0.05, 0) is 24.3 Å². The molecule has 1 heterocycles. The molecule has 1 aromatic heterocycles. The lowest BCUT2D eigenvalue weighted by atomic mass is 10.2. The first-order valence-corrected chi connectivity index (χ1v) is 5.79. The molecule has 3 rings (SSSR count). The molecule has 19 heavy (non-hydrogen) atoms. The number of carbonyl (C=O) groups excluding carboxylic acids is 1. The monoisotopic (exact) mass is 253 g/mol. The number of aromatic nitrogens is 3. The summed E-state index contributed by atoms with van der Waals surface area (Å²) in [6.07, 6.45) is 0. The molecular weight excluding hydrogens is 242 g/mol. The van der Waals surface area contributed by atoms with Crippen molar-refractivity contribution in [3.05, 3.63) is 54.1 Å². The van der Waals surface area contributed by atoms with Crippen molar-refractivity contribution in [2.45, 2.75) is 0 Å². The number of ether oxygens (including phenoxy) is 1. The molecule has 0 saturated carbocycles. The lowest BCUT2D eigenvalue weighted by Crippen LogP contribution is -2.16. The highest BCUT2D eigenvalue weighted by atomic mass is 16.5. The van der Waals surface area contributed by atoms with E-state index in [2.05, 4.69) is 10.2 Å². The van der Waals surface area contributed by atoms with E-state index in [9.17, 15) is 4.79 Å². The van der Waals surface area contributed by atoms with E-state index in [0.717, 1.165) is 4.80 Å². The van der Waals surface area contributed by atoms with E-state index in [4.69, 9.17) is 4.74 Å². The second kappa shape index (κ2) is 4.53. The number of carbonyl (C=O) groups is 1. The van der Waals surface area contributed by atoms with Gasteiger partial charge in [0.1, 0.15) is 16.8 Å². The van der Waals surface area contributed by atoms with Crippen LogP contribution in [0.2, 0.25) is 0 Å².